The minimum absolute atomic E-state index is 0.0571. The van der Waals surface area contributed by atoms with Crippen molar-refractivity contribution in [2.75, 3.05) is 5.33 Å². The predicted molar refractivity (Wildman–Crippen MR) is 124 cm³/mol. The standard InChI is InChI=1S/C26H33BrO2/c1-24(2,3)18-7-11-20(12-8-18)26(16-15-22(17-27)29-23(26)28)21-13-9-19(10-14-21)25(4,5)6/h7-14,22H,15-17H2,1-6H3/t22-/m1/s1. The molecule has 1 saturated heterocycles. The van der Waals surface area contributed by atoms with E-state index in [1.54, 1.807) is 0 Å². The number of benzene rings is 2. The molecule has 29 heavy (non-hydrogen) atoms. The summed E-state index contributed by atoms with van der Waals surface area (Å²) in [6, 6.07) is 17.1. The van der Waals surface area contributed by atoms with Gasteiger partial charge in [0.25, 0.3) is 0 Å². The van der Waals surface area contributed by atoms with Gasteiger partial charge < -0.3 is 4.74 Å². The Bertz CT molecular complexity index is 794. The summed E-state index contributed by atoms with van der Waals surface area (Å²) in [5.41, 5.74) is 3.98. The maximum absolute atomic E-state index is 13.4. The minimum Gasteiger partial charge on any atom is -0.461 e. The third-order valence-electron chi connectivity index (χ3n) is 6.12. The minimum atomic E-state index is -0.745. The average molecular weight is 457 g/mol. The van der Waals surface area contributed by atoms with Crippen molar-refractivity contribution >= 4 is 21.9 Å². The molecule has 156 valence electrons. The van der Waals surface area contributed by atoms with Crippen LogP contribution in [-0.2, 0) is 25.8 Å². The summed E-state index contributed by atoms with van der Waals surface area (Å²) in [6.07, 6.45) is 1.54. The van der Waals surface area contributed by atoms with Gasteiger partial charge in [0.05, 0.1) is 0 Å². The van der Waals surface area contributed by atoms with Crippen LogP contribution in [0.3, 0.4) is 0 Å². The largest absolute Gasteiger partial charge is 0.461 e. The Labute approximate surface area is 184 Å². The number of carbonyl (C=O) groups excluding carboxylic acids is 1. The van der Waals surface area contributed by atoms with Gasteiger partial charge in [0.1, 0.15) is 11.5 Å². The fraction of sp³-hybridized carbons (Fsp3) is 0.500. The molecule has 0 unspecified atom stereocenters. The van der Waals surface area contributed by atoms with Crippen LogP contribution in [0.1, 0.15) is 76.6 Å². The molecule has 2 nitrogen and oxygen atoms in total. The normalized spacial score (nSPS) is 19.7. The zero-order valence-electron chi connectivity index (χ0n) is 18.5. The van der Waals surface area contributed by atoms with Crippen molar-refractivity contribution in [2.45, 2.75) is 76.7 Å². The van der Waals surface area contributed by atoms with Crippen molar-refractivity contribution in [3.63, 3.8) is 0 Å². The van der Waals surface area contributed by atoms with Gasteiger partial charge in [-0.2, -0.15) is 0 Å². The van der Waals surface area contributed by atoms with Crippen molar-refractivity contribution in [1.29, 1.82) is 0 Å². The van der Waals surface area contributed by atoms with Crippen molar-refractivity contribution in [1.82, 2.24) is 0 Å². The molecule has 3 heteroatoms. The summed E-state index contributed by atoms with van der Waals surface area (Å²) in [7, 11) is 0. The lowest BCUT2D eigenvalue weighted by Crippen LogP contribution is -2.46. The summed E-state index contributed by atoms with van der Waals surface area (Å²) in [4.78, 5) is 13.4. The van der Waals surface area contributed by atoms with E-state index in [2.05, 4.69) is 106 Å². The molecule has 3 rings (SSSR count). The molecular formula is C26H33BrO2. The lowest BCUT2D eigenvalue weighted by atomic mass is 9.68. The first-order valence-electron chi connectivity index (χ1n) is 10.5. The SMILES string of the molecule is CC(C)(C)c1ccc(C2(c3ccc(C(C)(C)C)cc3)CC[C@H](CBr)OC2=O)cc1. The molecule has 0 radical (unpaired) electrons. The fourth-order valence-corrected chi connectivity index (χ4v) is 4.56. The van der Waals surface area contributed by atoms with Gasteiger partial charge in [-0.15, -0.1) is 0 Å². The lowest BCUT2D eigenvalue weighted by Gasteiger charge is -2.39. The molecule has 1 fully saturated rings. The highest BCUT2D eigenvalue weighted by Gasteiger charge is 2.47. The molecule has 2 aromatic rings. The van der Waals surface area contributed by atoms with E-state index in [1.165, 1.54) is 11.1 Å². The molecule has 0 N–H and O–H groups in total. The molecule has 1 heterocycles. The Hall–Kier alpha value is -1.61. The maximum Gasteiger partial charge on any atom is 0.321 e. The quantitative estimate of drug-likeness (QED) is 0.380. The number of alkyl halides is 1. The van der Waals surface area contributed by atoms with Crippen LogP contribution in [0.5, 0.6) is 0 Å². The number of esters is 1. The molecule has 0 aliphatic carbocycles. The molecule has 2 aromatic carbocycles. The molecule has 1 aliphatic heterocycles. The van der Waals surface area contributed by atoms with E-state index in [1.807, 2.05) is 0 Å². The number of rotatable bonds is 3. The molecule has 1 aliphatic rings. The van der Waals surface area contributed by atoms with Crippen LogP contribution in [0.2, 0.25) is 0 Å². The Morgan fingerprint density at radius 3 is 1.59 bits per heavy atom. The van der Waals surface area contributed by atoms with Crippen LogP contribution in [0.25, 0.3) is 0 Å². The number of halogens is 1. The summed E-state index contributed by atoms with van der Waals surface area (Å²) in [5, 5.41) is 0.681. The third kappa shape index (κ3) is 4.30. The van der Waals surface area contributed by atoms with Gasteiger partial charge in [0.15, 0.2) is 0 Å². The molecular weight excluding hydrogens is 424 g/mol. The molecule has 0 saturated carbocycles. The van der Waals surface area contributed by atoms with E-state index in [9.17, 15) is 4.79 Å². The van der Waals surface area contributed by atoms with E-state index < -0.39 is 5.41 Å². The van der Waals surface area contributed by atoms with Gasteiger partial charge >= 0.3 is 5.97 Å². The fourth-order valence-electron chi connectivity index (χ4n) is 4.10. The van der Waals surface area contributed by atoms with Crippen molar-refractivity contribution in [3.05, 3.63) is 70.8 Å². The van der Waals surface area contributed by atoms with Crippen LogP contribution in [0.15, 0.2) is 48.5 Å². The average Bonchev–Trinajstić information content (AvgIpc) is 2.67. The predicted octanol–water partition coefficient (Wildman–Crippen LogP) is 6.67. The highest BCUT2D eigenvalue weighted by atomic mass is 79.9. The van der Waals surface area contributed by atoms with Crippen LogP contribution in [0.4, 0.5) is 0 Å². The van der Waals surface area contributed by atoms with Gasteiger partial charge in [0, 0.05) is 5.33 Å². The molecule has 0 amide bonds. The highest BCUT2D eigenvalue weighted by molar-refractivity contribution is 9.09. The first-order valence-corrected chi connectivity index (χ1v) is 11.6. The second-order valence-electron chi connectivity index (χ2n) is 10.3. The Kier molecular flexibility index (Phi) is 6.02. The van der Waals surface area contributed by atoms with Gasteiger partial charge in [-0.1, -0.05) is 106 Å². The highest BCUT2D eigenvalue weighted by Crippen LogP contribution is 2.43. The number of cyclic esters (lactones) is 1. The number of carbonyl (C=O) groups is 1. The lowest BCUT2D eigenvalue weighted by molar-refractivity contribution is -0.159. The van der Waals surface area contributed by atoms with Gasteiger partial charge in [-0.3, -0.25) is 4.79 Å². The van der Waals surface area contributed by atoms with Crippen molar-refractivity contribution in [3.8, 4) is 0 Å². The Balaban J connectivity index is 2.10. The van der Waals surface area contributed by atoms with E-state index in [-0.39, 0.29) is 22.9 Å². The number of hydrogen-bond acceptors (Lipinski definition) is 2. The second kappa shape index (κ2) is 7.91. The summed E-state index contributed by atoms with van der Waals surface area (Å²) >= 11 is 3.47. The van der Waals surface area contributed by atoms with Crippen LogP contribution in [-0.4, -0.2) is 17.4 Å². The smallest absolute Gasteiger partial charge is 0.321 e. The summed E-state index contributed by atoms with van der Waals surface area (Å²) in [5.74, 6) is -0.139. The van der Waals surface area contributed by atoms with Gasteiger partial charge in [0.2, 0.25) is 0 Å². The maximum atomic E-state index is 13.4. The molecule has 0 bridgehead atoms. The van der Waals surface area contributed by atoms with E-state index in [0.717, 1.165) is 24.0 Å². The van der Waals surface area contributed by atoms with E-state index >= 15 is 0 Å². The summed E-state index contributed by atoms with van der Waals surface area (Å²) < 4.78 is 5.87. The van der Waals surface area contributed by atoms with Gasteiger partial charge in [-0.25, -0.2) is 0 Å². The zero-order chi connectivity index (χ0) is 21.4. The van der Waals surface area contributed by atoms with Crippen LogP contribution in [0, 0.1) is 0 Å². The molecule has 0 spiro atoms. The van der Waals surface area contributed by atoms with Crippen molar-refractivity contribution < 1.29 is 9.53 Å². The van der Waals surface area contributed by atoms with E-state index in [0.29, 0.717) is 5.33 Å². The number of hydrogen-bond donors (Lipinski definition) is 0. The second-order valence-corrected chi connectivity index (χ2v) is 10.9. The zero-order valence-corrected chi connectivity index (χ0v) is 20.1. The Morgan fingerprint density at radius 1 is 0.862 bits per heavy atom. The molecule has 1 atom stereocenters. The Morgan fingerprint density at radius 2 is 1.28 bits per heavy atom. The molecule has 0 aromatic heterocycles. The number of ether oxygens (including phenoxy) is 1. The topological polar surface area (TPSA) is 26.3 Å². The van der Waals surface area contributed by atoms with Crippen LogP contribution < -0.4 is 0 Å². The monoisotopic (exact) mass is 456 g/mol. The first-order chi connectivity index (χ1) is 13.5. The first kappa shape index (κ1) is 22.1. The van der Waals surface area contributed by atoms with E-state index in [4.69, 9.17) is 4.74 Å². The third-order valence-corrected chi connectivity index (χ3v) is 6.85. The van der Waals surface area contributed by atoms with Crippen LogP contribution >= 0.6 is 15.9 Å². The summed E-state index contributed by atoms with van der Waals surface area (Å²) in [6.45, 7) is 13.2. The van der Waals surface area contributed by atoms with Crippen molar-refractivity contribution in [2.24, 2.45) is 0 Å². The van der Waals surface area contributed by atoms with Gasteiger partial charge in [-0.05, 0) is 45.9 Å².